The Morgan fingerprint density at radius 1 is 1.34 bits per heavy atom. The summed E-state index contributed by atoms with van der Waals surface area (Å²) >= 11 is 0. The minimum Gasteiger partial charge on any atom is -0.369 e. The summed E-state index contributed by atoms with van der Waals surface area (Å²) in [5.41, 5.74) is 5.58. The maximum atomic E-state index is 12.3. The Bertz CT molecular complexity index is 1210. The molecule has 0 aliphatic carbocycles. The van der Waals surface area contributed by atoms with Crippen molar-refractivity contribution in [2.45, 2.75) is 12.5 Å². The number of carbonyl (C=O) groups excluding carboxylic acids is 2. The minimum atomic E-state index is -1.70. The number of pyridine rings is 1. The van der Waals surface area contributed by atoms with Gasteiger partial charge in [0.25, 0.3) is 11.8 Å². The molecule has 4 rings (SSSR count). The lowest BCUT2D eigenvalue weighted by molar-refractivity contribution is -0.138. The Morgan fingerprint density at radius 2 is 2.14 bits per heavy atom. The lowest BCUT2D eigenvalue weighted by Gasteiger charge is -2.17. The number of primary amides is 1. The third kappa shape index (κ3) is 3.02. The number of hydrogen-bond donors (Lipinski definition) is 2. The maximum Gasteiger partial charge on any atom is 0.269 e. The van der Waals surface area contributed by atoms with Gasteiger partial charge in [0.1, 0.15) is 0 Å². The van der Waals surface area contributed by atoms with Crippen LogP contribution in [0.4, 0.5) is 0 Å². The predicted molar refractivity (Wildman–Crippen MR) is 106 cm³/mol. The fourth-order valence-corrected chi connectivity index (χ4v) is 3.50. The number of likely N-dealkylation sites (tertiary alicyclic amines) is 1. The molecule has 0 spiro atoms. The normalized spacial score (nSPS) is 21.3. The molecule has 3 heterocycles. The Hall–Kier alpha value is -3.70. The number of hydrogen-bond acceptors (Lipinski definition) is 5. The number of rotatable bonds is 2. The Labute approximate surface area is 166 Å². The van der Waals surface area contributed by atoms with Crippen molar-refractivity contribution < 1.29 is 14.7 Å². The fourth-order valence-electron chi connectivity index (χ4n) is 3.50. The lowest BCUT2D eigenvalue weighted by atomic mass is 9.92. The zero-order chi connectivity index (χ0) is 20.8. The number of amides is 2. The van der Waals surface area contributed by atoms with Crippen LogP contribution in [0, 0.1) is 17.8 Å². The van der Waals surface area contributed by atoms with Gasteiger partial charge in [-0.25, -0.2) is 9.67 Å². The molecule has 146 valence electrons. The van der Waals surface area contributed by atoms with E-state index in [4.69, 9.17) is 5.73 Å². The molecule has 0 bridgehead atoms. The molecular weight excluding hydrogens is 370 g/mol. The second-order valence-corrected chi connectivity index (χ2v) is 7.15. The predicted octanol–water partition coefficient (Wildman–Crippen LogP) is 0.710. The van der Waals surface area contributed by atoms with E-state index in [1.165, 1.54) is 9.58 Å². The number of aromatic nitrogens is 3. The average Bonchev–Trinajstić information content (AvgIpc) is 3.19. The molecule has 0 unspecified atom stereocenters. The van der Waals surface area contributed by atoms with E-state index in [0.29, 0.717) is 28.8 Å². The molecule has 1 fully saturated rings. The van der Waals surface area contributed by atoms with Crippen molar-refractivity contribution in [1.29, 1.82) is 0 Å². The van der Waals surface area contributed by atoms with Crippen LogP contribution in [0.3, 0.4) is 0 Å². The van der Waals surface area contributed by atoms with Gasteiger partial charge in [-0.2, -0.15) is 5.10 Å². The molecule has 0 saturated carbocycles. The molecule has 0 radical (unpaired) electrons. The van der Waals surface area contributed by atoms with Crippen molar-refractivity contribution in [2.24, 2.45) is 11.7 Å². The Kier molecular flexibility index (Phi) is 4.32. The molecule has 1 saturated heterocycles. The summed E-state index contributed by atoms with van der Waals surface area (Å²) < 4.78 is 1.52. The third-order valence-corrected chi connectivity index (χ3v) is 5.10. The van der Waals surface area contributed by atoms with Crippen molar-refractivity contribution in [1.82, 2.24) is 19.7 Å². The van der Waals surface area contributed by atoms with E-state index in [2.05, 4.69) is 21.9 Å². The number of nitrogens with two attached hydrogens (primary N) is 1. The molecule has 8 heteroatoms. The van der Waals surface area contributed by atoms with E-state index in [1.54, 1.807) is 56.6 Å². The van der Waals surface area contributed by atoms with Crippen LogP contribution in [0.2, 0.25) is 0 Å². The summed E-state index contributed by atoms with van der Waals surface area (Å²) in [5.74, 6) is 4.29. The van der Waals surface area contributed by atoms with E-state index in [9.17, 15) is 14.7 Å². The molecule has 2 aromatic heterocycles. The Morgan fingerprint density at radius 3 is 2.83 bits per heavy atom. The summed E-state index contributed by atoms with van der Waals surface area (Å²) in [4.78, 5) is 29.8. The van der Waals surface area contributed by atoms with Crippen molar-refractivity contribution in [3.8, 4) is 17.5 Å². The van der Waals surface area contributed by atoms with Crippen molar-refractivity contribution in [3.05, 3.63) is 53.9 Å². The standard InChI is InChI=1S/C21H19N5O3/c1-13-12-25(2)20(28)21(13,29)9-8-14-5-3-6-15(11-14)26-19-16(7-4-10-23-19)17(24-26)18(22)27/h3-7,10-11,13,29H,12H2,1-2H3,(H2,22,27)/t13-,21+/m1/s1. The smallest absolute Gasteiger partial charge is 0.269 e. The molecule has 8 nitrogen and oxygen atoms in total. The molecule has 2 amide bonds. The highest BCUT2D eigenvalue weighted by atomic mass is 16.3. The third-order valence-electron chi connectivity index (χ3n) is 5.10. The monoisotopic (exact) mass is 389 g/mol. The summed E-state index contributed by atoms with van der Waals surface area (Å²) in [6.07, 6.45) is 1.61. The van der Waals surface area contributed by atoms with E-state index < -0.39 is 17.4 Å². The number of nitrogens with zero attached hydrogens (tertiary/aromatic N) is 4. The quantitative estimate of drug-likeness (QED) is 0.627. The largest absolute Gasteiger partial charge is 0.369 e. The van der Waals surface area contributed by atoms with Crippen LogP contribution in [-0.2, 0) is 4.79 Å². The second kappa shape index (κ2) is 6.72. The van der Waals surface area contributed by atoms with Gasteiger partial charge in [0.05, 0.1) is 11.1 Å². The molecule has 29 heavy (non-hydrogen) atoms. The highest BCUT2D eigenvalue weighted by molar-refractivity contribution is 6.03. The maximum absolute atomic E-state index is 12.3. The number of aliphatic hydroxyl groups is 1. The summed E-state index contributed by atoms with van der Waals surface area (Å²) in [7, 11) is 1.64. The first kappa shape index (κ1) is 18.7. The molecule has 1 aromatic carbocycles. The van der Waals surface area contributed by atoms with Gasteiger partial charge in [-0.3, -0.25) is 9.59 Å². The van der Waals surface area contributed by atoms with Crippen LogP contribution >= 0.6 is 0 Å². The van der Waals surface area contributed by atoms with E-state index >= 15 is 0 Å². The highest BCUT2D eigenvalue weighted by Crippen LogP contribution is 2.27. The minimum absolute atomic E-state index is 0.132. The fraction of sp³-hybridized carbons (Fsp3) is 0.238. The zero-order valence-corrected chi connectivity index (χ0v) is 16.0. The van der Waals surface area contributed by atoms with Crippen molar-refractivity contribution in [3.63, 3.8) is 0 Å². The molecule has 3 N–H and O–H groups in total. The summed E-state index contributed by atoms with van der Waals surface area (Å²) in [5, 5.41) is 15.6. The van der Waals surface area contributed by atoms with Crippen LogP contribution in [0.5, 0.6) is 0 Å². The number of carbonyl (C=O) groups is 2. The van der Waals surface area contributed by atoms with Gasteiger partial charge in [0, 0.05) is 31.3 Å². The second-order valence-electron chi connectivity index (χ2n) is 7.15. The number of benzene rings is 1. The SMILES string of the molecule is C[C@@H]1CN(C)C(=O)[C@]1(O)C#Cc1cccc(-n2nc(C(N)=O)c3cccnc32)c1. The van der Waals surface area contributed by atoms with E-state index in [1.807, 2.05) is 0 Å². The number of likely N-dealkylation sites (N-methyl/N-ethyl adjacent to an activating group) is 1. The van der Waals surface area contributed by atoms with Crippen molar-refractivity contribution >= 4 is 22.8 Å². The van der Waals surface area contributed by atoms with E-state index in [0.717, 1.165) is 0 Å². The molecule has 1 aliphatic heterocycles. The first-order valence-electron chi connectivity index (χ1n) is 9.06. The van der Waals surface area contributed by atoms with Crippen LogP contribution < -0.4 is 5.73 Å². The van der Waals surface area contributed by atoms with Crippen LogP contribution in [-0.4, -0.2) is 55.8 Å². The number of fused-ring (bicyclic) bond motifs is 1. The van der Waals surface area contributed by atoms with Gasteiger partial charge in [0.15, 0.2) is 11.3 Å². The highest BCUT2D eigenvalue weighted by Gasteiger charge is 2.48. The van der Waals surface area contributed by atoms with Gasteiger partial charge in [0.2, 0.25) is 5.60 Å². The lowest BCUT2D eigenvalue weighted by Crippen LogP contribution is -2.40. The van der Waals surface area contributed by atoms with Gasteiger partial charge in [-0.1, -0.05) is 24.8 Å². The van der Waals surface area contributed by atoms with Crippen LogP contribution in [0.1, 0.15) is 23.0 Å². The average molecular weight is 389 g/mol. The first-order valence-corrected chi connectivity index (χ1v) is 9.06. The molecule has 3 aromatic rings. The zero-order valence-electron chi connectivity index (χ0n) is 16.0. The van der Waals surface area contributed by atoms with Crippen molar-refractivity contribution in [2.75, 3.05) is 13.6 Å². The Balaban J connectivity index is 1.76. The summed E-state index contributed by atoms with van der Waals surface area (Å²) in [6.45, 7) is 2.24. The van der Waals surface area contributed by atoms with Gasteiger partial charge in [-0.05, 0) is 30.3 Å². The van der Waals surface area contributed by atoms with Gasteiger partial charge < -0.3 is 15.7 Å². The molecule has 2 atom stereocenters. The van der Waals surface area contributed by atoms with Crippen LogP contribution in [0.25, 0.3) is 16.7 Å². The van der Waals surface area contributed by atoms with Gasteiger partial charge >= 0.3 is 0 Å². The van der Waals surface area contributed by atoms with Gasteiger partial charge in [-0.15, -0.1) is 0 Å². The van der Waals surface area contributed by atoms with E-state index in [-0.39, 0.29) is 11.6 Å². The topological polar surface area (TPSA) is 114 Å². The molecule has 1 aliphatic rings. The summed E-state index contributed by atoms with van der Waals surface area (Å²) in [6, 6.07) is 10.5. The first-order chi connectivity index (χ1) is 13.8. The molecular formula is C21H19N5O3. The van der Waals surface area contributed by atoms with Crippen LogP contribution in [0.15, 0.2) is 42.6 Å².